The normalized spacial score (nSPS) is 14.0. The molecule has 0 aliphatic carbocycles. The lowest BCUT2D eigenvalue weighted by Gasteiger charge is -2.19. The zero-order valence-corrected chi connectivity index (χ0v) is 23.9. The van der Waals surface area contributed by atoms with Crippen LogP contribution in [-0.4, -0.2) is 22.4 Å². The minimum atomic E-state index is -1.18. The van der Waals surface area contributed by atoms with Gasteiger partial charge in [0.25, 0.3) is 0 Å². The summed E-state index contributed by atoms with van der Waals surface area (Å²) in [5, 5.41) is 2.83. The van der Waals surface area contributed by atoms with E-state index in [4.69, 9.17) is 4.74 Å². The highest BCUT2D eigenvalue weighted by atomic mass is 32.2. The van der Waals surface area contributed by atoms with Crippen LogP contribution in [0.3, 0.4) is 0 Å². The molecule has 0 bridgehead atoms. The maximum absolute atomic E-state index is 13.3. The second-order valence-corrected chi connectivity index (χ2v) is 12.4. The molecule has 1 aliphatic heterocycles. The van der Waals surface area contributed by atoms with Crippen LogP contribution in [0, 0.1) is 0 Å². The van der Waals surface area contributed by atoms with Gasteiger partial charge >= 0.3 is 6.09 Å². The minimum absolute atomic E-state index is 0.402. The molecule has 0 spiro atoms. The highest BCUT2D eigenvalue weighted by Crippen LogP contribution is 2.44. The van der Waals surface area contributed by atoms with Crippen LogP contribution in [0.2, 0.25) is 0 Å². The number of nitrogens with one attached hydrogen (secondary N) is 1. The molecule has 1 aliphatic rings. The van der Waals surface area contributed by atoms with Gasteiger partial charge in [-0.2, -0.15) is 0 Å². The topological polar surface area (TPSA) is 55.4 Å². The number of rotatable bonds is 7. The van der Waals surface area contributed by atoms with Crippen LogP contribution in [0.15, 0.2) is 94.7 Å². The number of fused-ring (bicyclic) bond motifs is 3. The summed E-state index contributed by atoms with van der Waals surface area (Å²) in [7, 11) is -1.18. The molecule has 1 N–H and O–H groups in total. The fourth-order valence-electron chi connectivity index (χ4n) is 5.01. The molecule has 1 atom stereocenters. The molecule has 1 unspecified atom stereocenters. The first kappa shape index (κ1) is 26.9. The second-order valence-electron chi connectivity index (χ2n) is 11.0. The van der Waals surface area contributed by atoms with E-state index in [2.05, 4.69) is 79.0 Å². The van der Waals surface area contributed by atoms with Gasteiger partial charge in [0.05, 0.1) is 20.6 Å². The van der Waals surface area contributed by atoms with Gasteiger partial charge in [0.2, 0.25) is 0 Å². The molecule has 0 saturated carbocycles. The third kappa shape index (κ3) is 6.15. The molecular weight excluding hydrogens is 502 g/mol. The van der Waals surface area contributed by atoms with Crippen molar-refractivity contribution in [1.82, 2.24) is 5.32 Å². The minimum Gasteiger partial charge on any atom is -0.444 e. The highest BCUT2D eigenvalue weighted by molar-refractivity contribution is 7.85. The first-order chi connectivity index (χ1) is 18.7. The van der Waals surface area contributed by atoms with Crippen molar-refractivity contribution in [2.24, 2.45) is 0 Å². The van der Waals surface area contributed by atoms with Crippen LogP contribution >= 0.6 is 0 Å². The number of hydrogen-bond acceptors (Lipinski definition) is 3. The summed E-state index contributed by atoms with van der Waals surface area (Å²) in [6.07, 6.45) is 2.47. The van der Waals surface area contributed by atoms with Crippen molar-refractivity contribution in [3.8, 4) is 33.4 Å². The molecule has 4 nitrogen and oxygen atoms in total. The number of ether oxygens (including phenoxy) is 1. The molecule has 5 rings (SSSR count). The Balaban J connectivity index is 1.39. The molecule has 0 saturated heterocycles. The van der Waals surface area contributed by atoms with Gasteiger partial charge in [-0.15, -0.1) is 0 Å². The quantitative estimate of drug-likeness (QED) is 0.228. The summed E-state index contributed by atoms with van der Waals surface area (Å²) >= 11 is 0. The Bertz CT molecular complexity index is 1550. The fourth-order valence-corrected chi connectivity index (χ4v) is 6.36. The Morgan fingerprint density at radius 3 is 1.77 bits per heavy atom. The Hall–Kier alpha value is -3.70. The molecule has 1 heterocycles. The van der Waals surface area contributed by atoms with E-state index in [0.29, 0.717) is 13.0 Å². The van der Waals surface area contributed by atoms with Crippen molar-refractivity contribution in [3.05, 3.63) is 96.1 Å². The fraction of sp³-hybridized carbons (Fsp3) is 0.265. The Kier molecular flexibility index (Phi) is 7.72. The van der Waals surface area contributed by atoms with Crippen molar-refractivity contribution < 1.29 is 13.7 Å². The van der Waals surface area contributed by atoms with Crippen molar-refractivity contribution in [1.29, 1.82) is 0 Å². The van der Waals surface area contributed by atoms with Gasteiger partial charge in [-0.25, -0.2) is 9.00 Å². The Morgan fingerprint density at radius 1 is 0.744 bits per heavy atom. The van der Waals surface area contributed by atoms with Crippen molar-refractivity contribution in [2.75, 3.05) is 6.54 Å². The summed E-state index contributed by atoms with van der Waals surface area (Å²) < 4.78 is 18.6. The standard InChI is InChI=1S/C34H35NO3S/c1-5-8-23-9-6-11-25(19-23)27-13-15-31-29(21-27)30-22-28(14-16-32(30)39(31)37)26-12-7-10-24(20-26)17-18-35-33(36)38-34(2,3)4/h6-7,9-16,19-22H,5,8,17-18H2,1-4H3,(H,35,36). The average molecular weight is 538 g/mol. The molecule has 39 heavy (non-hydrogen) atoms. The van der Waals surface area contributed by atoms with Crippen LogP contribution in [0.5, 0.6) is 0 Å². The molecule has 1 amide bonds. The number of aryl methyl sites for hydroxylation is 1. The van der Waals surface area contributed by atoms with Crippen LogP contribution in [0.4, 0.5) is 4.79 Å². The van der Waals surface area contributed by atoms with Crippen molar-refractivity contribution in [2.45, 2.75) is 62.3 Å². The average Bonchev–Trinajstić information content (AvgIpc) is 3.19. The van der Waals surface area contributed by atoms with Crippen molar-refractivity contribution in [3.63, 3.8) is 0 Å². The molecular formula is C34H35NO3S. The molecule has 0 fully saturated rings. The van der Waals surface area contributed by atoms with E-state index in [-0.39, 0.29) is 0 Å². The van der Waals surface area contributed by atoms with E-state index in [1.165, 1.54) is 11.1 Å². The third-order valence-corrected chi connectivity index (χ3v) is 8.30. The van der Waals surface area contributed by atoms with Gasteiger partial charge in [0.1, 0.15) is 5.60 Å². The number of carbonyl (C=O) groups is 1. The van der Waals surface area contributed by atoms with E-state index < -0.39 is 22.5 Å². The van der Waals surface area contributed by atoms with E-state index in [1.54, 1.807) is 0 Å². The lowest BCUT2D eigenvalue weighted by Crippen LogP contribution is -2.33. The smallest absolute Gasteiger partial charge is 0.407 e. The van der Waals surface area contributed by atoms with Crippen LogP contribution in [-0.2, 0) is 28.4 Å². The van der Waals surface area contributed by atoms with Gasteiger partial charge in [-0.05, 0) is 91.3 Å². The molecule has 4 aromatic rings. The summed E-state index contributed by atoms with van der Waals surface area (Å²) in [5.74, 6) is 0. The Labute approximate surface area is 233 Å². The zero-order chi connectivity index (χ0) is 27.6. The van der Waals surface area contributed by atoms with E-state index in [0.717, 1.165) is 56.0 Å². The largest absolute Gasteiger partial charge is 0.444 e. The lowest BCUT2D eigenvalue weighted by atomic mass is 9.95. The molecule has 0 radical (unpaired) electrons. The molecule has 4 aromatic carbocycles. The number of benzene rings is 4. The predicted molar refractivity (Wildman–Crippen MR) is 159 cm³/mol. The number of hydrogen-bond donors (Lipinski definition) is 1. The number of alkyl carbamates (subject to hydrolysis) is 1. The Morgan fingerprint density at radius 2 is 1.26 bits per heavy atom. The van der Waals surface area contributed by atoms with Gasteiger partial charge in [0, 0.05) is 17.7 Å². The van der Waals surface area contributed by atoms with Gasteiger partial charge in [0.15, 0.2) is 0 Å². The molecule has 0 aromatic heterocycles. The number of amides is 1. The van der Waals surface area contributed by atoms with Crippen LogP contribution in [0.1, 0.15) is 45.2 Å². The van der Waals surface area contributed by atoms with Gasteiger partial charge < -0.3 is 10.1 Å². The van der Waals surface area contributed by atoms with Gasteiger partial charge in [-0.1, -0.05) is 74.0 Å². The zero-order valence-electron chi connectivity index (χ0n) is 23.0. The first-order valence-electron chi connectivity index (χ1n) is 13.6. The monoisotopic (exact) mass is 537 g/mol. The van der Waals surface area contributed by atoms with Gasteiger partial charge in [-0.3, -0.25) is 0 Å². The summed E-state index contributed by atoms with van der Waals surface area (Å²) in [4.78, 5) is 13.7. The predicted octanol–water partition coefficient (Wildman–Crippen LogP) is 8.19. The number of carbonyl (C=O) groups excluding carboxylic acids is 1. The van der Waals surface area contributed by atoms with E-state index >= 15 is 0 Å². The van der Waals surface area contributed by atoms with E-state index in [9.17, 15) is 9.00 Å². The lowest BCUT2D eigenvalue weighted by molar-refractivity contribution is 0.0528. The summed E-state index contributed by atoms with van der Waals surface area (Å²) in [6, 6.07) is 29.6. The van der Waals surface area contributed by atoms with Crippen LogP contribution in [0.25, 0.3) is 33.4 Å². The van der Waals surface area contributed by atoms with E-state index in [1.807, 2.05) is 39.0 Å². The maximum Gasteiger partial charge on any atom is 0.407 e. The summed E-state index contributed by atoms with van der Waals surface area (Å²) in [5.41, 5.74) is 8.52. The SMILES string of the molecule is CCCc1cccc(-c2ccc3c(c2)-c2cc(-c4cccc(CCNC(=O)OC(C)(C)C)c4)ccc2S3=O)c1. The summed E-state index contributed by atoms with van der Waals surface area (Å²) in [6.45, 7) is 8.25. The molecule has 200 valence electrons. The van der Waals surface area contributed by atoms with Crippen LogP contribution < -0.4 is 5.32 Å². The highest BCUT2D eigenvalue weighted by Gasteiger charge is 2.26. The van der Waals surface area contributed by atoms with Crippen molar-refractivity contribution >= 4 is 16.9 Å². The maximum atomic E-state index is 13.3. The molecule has 5 heteroatoms. The third-order valence-electron chi connectivity index (χ3n) is 6.79. The second kappa shape index (κ2) is 11.2. The first-order valence-corrected chi connectivity index (χ1v) is 14.7.